The lowest BCUT2D eigenvalue weighted by molar-refractivity contribution is 0.120. The van der Waals surface area contributed by atoms with Crippen LogP contribution < -0.4 is 11.0 Å². The summed E-state index contributed by atoms with van der Waals surface area (Å²) in [6.07, 6.45) is 2.21. The monoisotopic (exact) mass is 386 g/mol. The Morgan fingerprint density at radius 2 is 2.29 bits per heavy atom. The Bertz CT molecular complexity index is 765. The maximum atomic E-state index is 11.5. The number of H-pyrrole nitrogens is 1. The van der Waals surface area contributed by atoms with Crippen LogP contribution in [0.2, 0.25) is 10.0 Å². The molecule has 1 fully saturated rings. The summed E-state index contributed by atoms with van der Waals surface area (Å²) in [4.78, 5) is 15.4. The molecule has 2 aromatic rings. The summed E-state index contributed by atoms with van der Waals surface area (Å²) in [6, 6.07) is 5.36. The van der Waals surface area contributed by atoms with Crippen LogP contribution in [0.3, 0.4) is 0 Å². The Morgan fingerprint density at radius 1 is 1.42 bits per heavy atom. The van der Waals surface area contributed by atoms with Gasteiger partial charge >= 0.3 is 5.69 Å². The van der Waals surface area contributed by atoms with Crippen molar-refractivity contribution in [2.45, 2.75) is 29.7 Å². The fraction of sp³-hybridized carbons (Fsp3) is 0.400. The van der Waals surface area contributed by atoms with Gasteiger partial charge in [0.25, 0.3) is 0 Å². The first-order valence-electron chi connectivity index (χ1n) is 7.51. The van der Waals surface area contributed by atoms with Gasteiger partial charge in [0.1, 0.15) is 0 Å². The summed E-state index contributed by atoms with van der Waals surface area (Å²) in [6.45, 7) is 1.39. The molecule has 2 heterocycles. The van der Waals surface area contributed by atoms with Crippen LogP contribution in [-0.2, 0) is 10.5 Å². The Morgan fingerprint density at radius 3 is 3.04 bits per heavy atom. The molecule has 0 spiro atoms. The van der Waals surface area contributed by atoms with Crippen molar-refractivity contribution < 1.29 is 4.74 Å². The van der Waals surface area contributed by atoms with Crippen LogP contribution in [0, 0.1) is 0 Å². The highest BCUT2D eigenvalue weighted by Gasteiger charge is 2.17. The standard InChI is InChI=1S/C15H16Cl2N4O2S/c16-10-4-3-9(12(17)6-10)8-24-14-13(19-15(22)21-20-14)18-7-11-2-1-5-23-11/h3-4,6,11H,1-2,5,7-8H2,(H2,18,19,21,22). The number of aromatic nitrogens is 3. The van der Waals surface area contributed by atoms with Crippen LogP contribution in [-0.4, -0.2) is 34.4 Å². The van der Waals surface area contributed by atoms with Gasteiger partial charge in [-0.2, -0.15) is 10.1 Å². The van der Waals surface area contributed by atoms with Crippen molar-refractivity contribution in [2.75, 3.05) is 18.5 Å². The van der Waals surface area contributed by atoms with Crippen LogP contribution >= 0.6 is 35.0 Å². The van der Waals surface area contributed by atoms with E-state index in [1.807, 2.05) is 6.07 Å². The van der Waals surface area contributed by atoms with E-state index in [4.69, 9.17) is 27.9 Å². The summed E-state index contributed by atoms with van der Waals surface area (Å²) in [5.41, 5.74) is 0.447. The van der Waals surface area contributed by atoms with Gasteiger partial charge in [0.15, 0.2) is 10.8 Å². The lowest BCUT2D eigenvalue weighted by atomic mass is 10.2. The molecule has 1 aromatic heterocycles. The number of halogens is 2. The number of aromatic amines is 1. The van der Waals surface area contributed by atoms with E-state index >= 15 is 0 Å². The normalized spacial score (nSPS) is 17.2. The SMILES string of the molecule is O=c1nc(NCC2CCCO2)c(SCc2ccc(Cl)cc2Cl)n[nH]1. The second-order valence-corrected chi connectivity index (χ2v) is 7.14. The summed E-state index contributed by atoms with van der Waals surface area (Å²) in [5, 5.41) is 11.4. The number of thioether (sulfide) groups is 1. The molecule has 0 saturated carbocycles. The Balaban J connectivity index is 1.68. The molecule has 3 rings (SSSR count). The highest BCUT2D eigenvalue weighted by molar-refractivity contribution is 7.98. The molecular weight excluding hydrogens is 371 g/mol. The van der Waals surface area contributed by atoms with Crippen molar-refractivity contribution in [3.63, 3.8) is 0 Å². The van der Waals surface area contributed by atoms with E-state index in [-0.39, 0.29) is 6.10 Å². The van der Waals surface area contributed by atoms with E-state index in [0.29, 0.717) is 33.2 Å². The maximum absolute atomic E-state index is 11.5. The molecule has 6 nitrogen and oxygen atoms in total. The first kappa shape index (κ1) is 17.5. The Hall–Kier alpha value is -1.28. The molecule has 1 saturated heterocycles. The molecule has 0 radical (unpaired) electrons. The number of hydrogen-bond donors (Lipinski definition) is 2. The second kappa shape index (κ2) is 8.20. The summed E-state index contributed by atoms with van der Waals surface area (Å²) in [5.74, 6) is 1.05. The predicted molar refractivity (Wildman–Crippen MR) is 96.1 cm³/mol. The average molecular weight is 387 g/mol. The third-order valence-corrected chi connectivity index (χ3v) is 5.17. The first-order chi connectivity index (χ1) is 11.6. The molecule has 0 aliphatic carbocycles. The number of rotatable bonds is 6. The molecule has 128 valence electrons. The number of anilines is 1. The van der Waals surface area contributed by atoms with Crippen molar-refractivity contribution in [1.82, 2.24) is 15.2 Å². The van der Waals surface area contributed by atoms with Gasteiger partial charge in [0.2, 0.25) is 0 Å². The van der Waals surface area contributed by atoms with Crippen molar-refractivity contribution in [2.24, 2.45) is 0 Å². The van der Waals surface area contributed by atoms with Crippen molar-refractivity contribution in [3.05, 3.63) is 44.3 Å². The van der Waals surface area contributed by atoms with Gasteiger partial charge < -0.3 is 10.1 Å². The quantitative estimate of drug-likeness (QED) is 0.740. The van der Waals surface area contributed by atoms with Gasteiger partial charge in [-0.05, 0) is 30.5 Å². The highest BCUT2D eigenvalue weighted by atomic mass is 35.5. The van der Waals surface area contributed by atoms with Crippen LogP contribution in [0.1, 0.15) is 18.4 Å². The molecule has 1 atom stereocenters. The van der Waals surface area contributed by atoms with Gasteiger partial charge in [-0.3, -0.25) is 0 Å². The van der Waals surface area contributed by atoms with E-state index in [0.717, 1.165) is 25.0 Å². The van der Waals surface area contributed by atoms with Gasteiger partial charge in [-0.25, -0.2) is 9.89 Å². The smallest absolute Gasteiger partial charge is 0.363 e. The molecule has 1 aliphatic rings. The lowest BCUT2D eigenvalue weighted by Crippen LogP contribution is -2.22. The Labute approximate surface area is 153 Å². The third kappa shape index (κ3) is 4.63. The van der Waals surface area contributed by atoms with Gasteiger partial charge in [-0.1, -0.05) is 41.0 Å². The minimum atomic E-state index is -0.487. The number of benzene rings is 1. The molecule has 1 aromatic carbocycles. The maximum Gasteiger partial charge on any atom is 0.363 e. The van der Waals surface area contributed by atoms with Gasteiger partial charge in [0, 0.05) is 28.9 Å². The largest absolute Gasteiger partial charge is 0.376 e. The van der Waals surface area contributed by atoms with Crippen LogP contribution in [0.15, 0.2) is 28.0 Å². The zero-order chi connectivity index (χ0) is 16.9. The predicted octanol–water partition coefficient (Wildman–Crippen LogP) is 3.35. The van der Waals surface area contributed by atoms with E-state index in [9.17, 15) is 4.79 Å². The minimum Gasteiger partial charge on any atom is -0.376 e. The lowest BCUT2D eigenvalue weighted by Gasteiger charge is -2.13. The average Bonchev–Trinajstić information content (AvgIpc) is 3.07. The van der Waals surface area contributed by atoms with Crippen LogP contribution in [0.4, 0.5) is 5.82 Å². The van der Waals surface area contributed by atoms with Crippen molar-refractivity contribution in [3.8, 4) is 0 Å². The summed E-state index contributed by atoms with van der Waals surface area (Å²) < 4.78 is 5.57. The zero-order valence-electron chi connectivity index (χ0n) is 12.7. The topological polar surface area (TPSA) is 79.9 Å². The minimum absolute atomic E-state index is 0.148. The number of nitrogens with zero attached hydrogens (tertiary/aromatic N) is 2. The number of nitrogens with one attached hydrogen (secondary N) is 2. The fourth-order valence-corrected chi connectivity index (χ4v) is 3.81. The molecule has 0 amide bonds. The molecule has 0 bridgehead atoms. The van der Waals surface area contributed by atoms with E-state index < -0.39 is 5.69 Å². The third-order valence-electron chi connectivity index (χ3n) is 3.57. The molecule has 2 N–H and O–H groups in total. The zero-order valence-corrected chi connectivity index (χ0v) is 15.0. The fourth-order valence-electron chi connectivity index (χ4n) is 2.34. The van der Waals surface area contributed by atoms with Crippen LogP contribution in [0.5, 0.6) is 0 Å². The van der Waals surface area contributed by atoms with Crippen LogP contribution in [0.25, 0.3) is 0 Å². The molecule has 1 unspecified atom stereocenters. The van der Waals surface area contributed by atoms with Gasteiger partial charge in [-0.15, -0.1) is 0 Å². The van der Waals surface area contributed by atoms with E-state index in [2.05, 4.69) is 20.5 Å². The molecule has 1 aliphatic heterocycles. The number of hydrogen-bond acceptors (Lipinski definition) is 6. The van der Waals surface area contributed by atoms with Gasteiger partial charge in [0.05, 0.1) is 6.10 Å². The molecular formula is C15H16Cl2N4O2S. The highest BCUT2D eigenvalue weighted by Crippen LogP contribution is 2.30. The van der Waals surface area contributed by atoms with Crippen molar-refractivity contribution in [1.29, 1.82) is 0 Å². The second-order valence-electron chi connectivity index (χ2n) is 5.33. The van der Waals surface area contributed by atoms with Crippen molar-refractivity contribution >= 4 is 40.8 Å². The first-order valence-corrected chi connectivity index (χ1v) is 9.25. The van der Waals surface area contributed by atoms with E-state index in [1.165, 1.54) is 11.8 Å². The summed E-state index contributed by atoms with van der Waals surface area (Å²) in [7, 11) is 0. The molecule has 24 heavy (non-hydrogen) atoms. The number of ether oxygens (including phenoxy) is 1. The van der Waals surface area contributed by atoms with E-state index in [1.54, 1.807) is 12.1 Å². The summed E-state index contributed by atoms with van der Waals surface area (Å²) >= 11 is 13.5. The molecule has 9 heteroatoms. The Kier molecular flexibility index (Phi) is 5.99.